The van der Waals surface area contributed by atoms with E-state index in [9.17, 15) is 9.18 Å². The molecule has 144 valence electrons. The summed E-state index contributed by atoms with van der Waals surface area (Å²) in [6, 6.07) is 13.4. The molecule has 0 bridgehead atoms. The minimum absolute atomic E-state index is 0.0806. The number of nitrogens with zero attached hydrogens (tertiary/aromatic N) is 1. The first-order chi connectivity index (χ1) is 13.2. The molecule has 2 N–H and O–H groups in total. The number of rotatable bonds is 8. The molecule has 0 saturated carbocycles. The number of carbonyl (C=O) groups excluding carboxylic acids is 1. The van der Waals surface area contributed by atoms with Gasteiger partial charge in [-0.25, -0.2) is 4.39 Å². The van der Waals surface area contributed by atoms with E-state index >= 15 is 0 Å². The van der Waals surface area contributed by atoms with E-state index < -0.39 is 0 Å². The smallest absolute Gasteiger partial charge is 0.251 e. The number of nitrogens with one attached hydrogen (secondary N) is 2. The monoisotopic (exact) mass is 371 g/mol. The van der Waals surface area contributed by atoms with Gasteiger partial charge in [-0.2, -0.15) is 0 Å². The van der Waals surface area contributed by atoms with Crippen molar-refractivity contribution in [1.29, 1.82) is 0 Å². The van der Waals surface area contributed by atoms with E-state index in [1.54, 1.807) is 18.2 Å². The van der Waals surface area contributed by atoms with E-state index in [-0.39, 0.29) is 18.3 Å². The van der Waals surface area contributed by atoms with Gasteiger partial charge in [-0.05, 0) is 42.8 Å². The van der Waals surface area contributed by atoms with Crippen LogP contribution in [0.1, 0.15) is 22.3 Å². The van der Waals surface area contributed by atoms with Gasteiger partial charge >= 0.3 is 0 Å². The van der Waals surface area contributed by atoms with Crippen LogP contribution in [0.15, 0.2) is 48.5 Å². The van der Waals surface area contributed by atoms with Crippen LogP contribution in [-0.4, -0.2) is 50.1 Å². The molecular weight excluding hydrogens is 345 g/mol. The minimum Gasteiger partial charge on any atom is -0.489 e. The average molecular weight is 371 g/mol. The van der Waals surface area contributed by atoms with Crippen molar-refractivity contribution in [2.75, 3.05) is 39.3 Å². The van der Waals surface area contributed by atoms with Gasteiger partial charge in [-0.1, -0.05) is 18.2 Å². The first-order valence-electron chi connectivity index (χ1n) is 9.39. The maximum atomic E-state index is 13.2. The van der Waals surface area contributed by atoms with Crippen LogP contribution in [-0.2, 0) is 6.61 Å². The summed E-state index contributed by atoms with van der Waals surface area (Å²) in [5, 5.41) is 6.31. The number of hydrogen-bond donors (Lipinski definition) is 2. The molecule has 1 saturated heterocycles. The van der Waals surface area contributed by atoms with Gasteiger partial charge in [0.05, 0.1) is 0 Å². The van der Waals surface area contributed by atoms with Crippen LogP contribution in [0.4, 0.5) is 4.39 Å². The maximum Gasteiger partial charge on any atom is 0.251 e. The van der Waals surface area contributed by atoms with Gasteiger partial charge in [-0.15, -0.1) is 0 Å². The molecule has 0 unspecified atom stereocenters. The Bertz CT molecular complexity index is 748. The van der Waals surface area contributed by atoms with Crippen molar-refractivity contribution < 1.29 is 13.9 Å². The molecule has 1 fully saturated rings. The van der Waals surface area contributed by atoms with Crippen LogP contribution < -0.4 is 15.4 Å². The second-order valence-electron chi connectivity index (χ2n) is 6.65. The predicted molar refractivity (Wildman–Crippen MR) is 103 cm³/mol. The van der Waals surface area contributed by atoms with Crippen molar-refractivity contribution >= 4 is 5.91 Å². The van der Waals surface area contributed by atoms with E-state index in [1.807, 2.05) is 18.2 Å². The quantitative estimate of drug-likeness (QED) is 0.700. The SMILES string of the molecule is O=C(NCCCN1CCNCC1)c1cccc(COc2cccc(F)c2)c1. The van der Waals surface area contributed by atoms with Crippen LogP contribution in [0.5, 0.6) is 5.75 Å². The molecule has 2 aromatic carbocycles. The number of ether oxygens (including phenoxy) is 1. The standard InChI is InChI=1S/C21H26FN3O2/c22-19-6-2-7-20(15-19)27-16-17-4-1-5-18(14-17)21(26)24-8-3-11-25-12-9-23-10-13-25/h1-2,4-7,14-15,23H,3,8-13,16H2,(H,24,26). The highest BCUT2D eigenvalue weighted by Crippen LogP contribution is 2.15. The molecule has 6 heteroatoms. The molecule has 0 aromatic heterocycles. The number of carbonyl (C=O) groups is 1. The summed E-state index contributed by atoms with van der Waals surface area (Å²) in [7, 11) is 0. The Morgan fingerprint density at radius 2 is 1.96 bits per heavy atom. The van der Waals surface area contributed by atoms with E-state index in [2.05, 4.69) is 15.5 Å². The first kappa shape index (κ1) is 19.3. The molecule has 0 atom stereocenters. The third-order valence-electron chi connectivity index (χ3n) is 4.54. The van der Waals surface area contributed by atoms with Gasteiger partial charge in [0.15, 0.2) is 0 Å². The van der Waals surface area contributed by atoms with Crippen LogP contribution >= 0.6 is 0 Å². The third-order valence-corrected chi connectivity index (χ3v) is 4.54. The second kappa shape index (κ2) is 10.0. The largest absolute Gasteiger partial charge is 0.489 e. The van der Waals surface area contributed by atoms with Crippen LogP contribution in [0.2, 0.25) is 0 Å². The molecule has 27 heavy (non-hydrogen) atoms. The van der Waals surface area contributed by atoms with Gasteiger partial charge in [0.1, 0.15) is 18.2 Å². The molecule has 1 aliphatic heterocycles. The molecular formula is C21H26FN3O2. The lowest BCUT2D eigenvalue weighted by atomic mass is 10.1. The summed E-state index contributed by atoms with van der Waals surface area (Å²) in [6.45, 7) is 6.17. The second-order valence-corrected chi connectivity index (χ2v) is 6.65. The number of piperazine rings is 1. The Morgan fingerprint density at radius 1 is 1.15 bits per heavy atom. The van der Waals surface area contributed by atoms with E-state index in [0.29, 0.717) is 17.9 Å². The van der Waals surface area contributed by atoms with Gasteiger partial charge < -0.3 is 20.3 Å². The predicted octanol–water partition coefficient (Wildman–Crippen LogP) is 2.43. The van der Waals surface area contributed by atoms with Gasteiger partial charge in [0.25, 0.3) is 5.91 Å². The fourth-order valence-corrected chi connectivity index (χ4v) is 3.07. The molecule has 1 aliphatic rings. The lowest BCUT2D eigenvalue weighted by Gasteiger charge is -2.27. The van der Waals surface area contributed by atoms with Gasteiger partial charge in [0, 0.05) is 44.4 Å². The van der Waals surface area contributed by atoms with E-state index in [0.717, 1.165) is 44.7 Å². The molecule has 3 rings (SSSR count). The zero-order valence-electron chi connectivity index (χ0n) is 15.4. The van der Waals surface area contributed by atoms with Gasteiger partial charge in [-0.3, -0.25) is 4.79 Å². The Kier molecular flexibility index (Phi) is 7.19. The average Bonchev–Trinajstić information content (AvgIpc) is 2.70. The number of halogens is 1. The molecule has 0 spiro atoms. The van der Waals surface area contributed by atoms with Crippen molar-refractivity contribution in [3.63, 3.8) is 0 Å². The number of hydrogen-bond acceptors (Lipinski definition) is 4. The Balaban J connectivity index is 1.43. The summed E-state index contributed by atoms with van der Waals surface area (Å²) in [4.78, 5) is 14.8. The molecule has 5 nitrogen and oxygen atoms in total. The highest BCUT2D eigenvalue weighted by atomic mass is 19.1. The van der Waals surface area contributed by atoms with Crippen molar-refractivity contribution in [2.24, 2.45) is 0 Å². The summed E-state index contributed by atoms with van der Waals surface area (Å²) in [5.74, 6) is 0.0575. The van der Waals surface area contributed by atoms with E-state index in [1.165, 1.54) is 12.1 Å². The molecule has 2 aromatic rings. The van der Waals surface area contributed by atoms with Gasteiger partial charge in [0.2, 0.25) is 0 Å². The van der Waals surface area contributed by atoms with Crippen LogP contribution in [0.25, 0.3) is 0 Å². The summed E-state index contributed by atoms with van der Waals surface area (Å²) in [5.41, 5.74) is 1.48. The normalized spacial score (nSPS) is 14.7. The molecule has 1 heterocycles. The van der Waals surface area contributed by atoms with Crippen molar-refractivity contribution in [3.8, 4) is 5.75 Å². The summed E-state index contributed by atoms with van der Waals surface area (Å²) >= 11 is 0. The maximum absolute atomic E-state index is 13.2. The Morgan fingerprint density at radius 3 is 2.78 bits per heavy atom. The molecule has 0 aliphatic carbocycles. The Hall–Kier alpha value is -2.44. The highest BCUT2D eigenvalue weighted by Gasteiger charge is 2.10. The van der Waals surface area contributed by atoms with Crippen LogP contribution in [0, 0.1) is 5.82 Å². The fourth-order valence-electron chi connectivity index (χ4n) is 3.07. The summed E-state index contributed by atoms with van der Waals surface area (Å²) in [6.07, 6.45) is 0.939. The van der Waals surface area contributed by atoms with Crippen molar-refractivity contribution in [3.05, 3.63) is 65.5 Å². The summed E-state index contributed by atoms with van der Waals surface area (Å²) < 4.78 is 18.8. The van der Waals surface area contributed by atoms with Crippen molar-refractivity contribution in [1.82, 2.24) is 15.5 Å². The lowest BCUT2D eigenvalue weighted by Crippen LogP contribution is -2.44. The molecule has 1 amide bonds. The number of benzene rings is 2. The zero-order valence-corrected chi connectivity index (χ0v) is 15.4. The fraction of sp³-hybridized carbons (Fsp3) is 0.381. The minimum atomic E-state index is -0.332. The first-order valence-corrected chi connectivity index (χ1v) is 9.39. The zero-order chi connectivity index (χ0) is 18.9. The van der Waals surface area contributed by atoms with Crippen LogP contribution in [0.3, 0.4) is 0 Å². The molecule has 0 radical (unpaired) electrons. The third kappa shape index (κ3) is 6.34. The van der Waals surface area contributed by atoms with Crippen molar-refractivity contribution in [2.45, 2.75) is 13.0 Å². The number of amides is 1. The van der Waals surface area contributed by atoms with E-state index in [4.69, 9.17) is 4.74 Å². The topological polar surface area (TPSA) is 53.6 Å². The Labute approximate surface area is 159 Å². The highest BCUT2D eigenvalue weighted by molar-refractivity contribution is 5.94. The lowest BCUT2D eigenvalue weighted by molar-refractivity contribution is 0.0951.